The van der Waals surface area contributed by atoms with Gasteiger partial charge in [0.25, 0.3) is 0 Å². The standard InChI is InChI=1S/C17H17N3OS2/c1-9-13(12-7-5-4-6-8-12)14-16(22-9)19-11(3)20-17(14)23-10(2)15(18)21/h4-8,10H,1-3H3,(H2,18,21). The quantitative estimate of drug-likeness (QED) is 0.575. The summed E-state index contributed by atoms with van der Waals surface area (Å²) in [6.07, 6.45) is 0. The number of hydrogen-bond donors (Lipinski definition) is 1. The van der Waals surface area contributed by atoms with Crippen molar-refractivity contribution in [3.8, 4) is 11.1 Å². The molecule has 0 radical (unpaired) electrons. The molecule has 1 unspecified atom stereocenters. The van der Waals surface area contributed by atoms with E-state index in [1.807, 2.05) is 25.1 Å². The van der Waals surface area contributed by atoms with E-state index in [4.69, 9.17) is 5.73 Å². The predicted octanol–water partition coefficient (Wildman–Crippen LogP) is 3.94. The van der Waals surface area contributed by atoms with E-state index in [2.05, 4.69) is 29.0 Å². The van der Waals surface area contributed by atoms with Gasteiger partial charge in [0, 0.05) is 10.4 Å². The molecule has 0 aliphatic rings. The Morgan fingerprint density at radius 3 is 2.57 bits per heavy atom. The van der Waals surface area contributed by atoms with Gasteiger partial charge in [0.15, 0.2) is 0 Å². The summed E-state index contributed by atoms with van der Waals surface area (Å²) in [5.41, 5.74) is 7.70. The highest BCUT2D eigenvalue weighted by molar-refractivity contribution is 8.00. The van der Waals surface area contributed by atoms with Crippen LogP contribution in [0.3, 0.4) is 0 Å². The highest BCUT2D eigenvalue weighted by Gasteiger charge is 2.20. The fourth-order valence-corrected chi connectivity index (χ4v) is 4.55. The predicted molar refractivity (Wildman–Crippen MR) is 96.8 cm³/mol. The van der Waals surface area contributed by atoms with E-state index in [0.29, 0.717) is 5.82 Å². The summed E-state index contributed by atoms with van der Waals surface area (Å²) in [4.78, 5) is 22.7. The van der Waals surface area contributed by atoms with Gasteiger partial charge in [0.1, 0.15) is 15.7 Å². The molecule has 2 heterocycles. The van der Waals surface area contributed by atoms with E-state index >= 15 is 0 Å². The van der Waals surface area contributed by atoms with E-state index < -0.39 is 0 Å². The first-order chi connectivity index (χ1) is 11.0. The number of carbonyl (C=O) groups excluding carboxylic acids is 1. The van der Waals surface area contributed by atoms with Gasteiger partial charge in [-0.25, -0.2) is 9.97 Å². The van der Waals surface area contributed by atoms with Gasteiger partial charge >= 0.3 is 0 Å². The molecule has 0 spiro atoms. The van der Waals surface area contributed by atoms with Crippen LogP contribution in [0.4, 0.5) is 0 Å². The minimum absolute atomic E-state index is 0.337. The number of aromatic nitrogens is 2. The first kappa shape index (κ1) is 16.0. The zero-order chi connectivity index (χ0) is 16.6. The van der Waals surface area contributed by atoms with Crippen LogP contribution in [0.15, 0.2) is 35.4 Å². The molecule has 0 saturated heterocycles. The van der Waals surface area contributed by atoms with E-state index in [-0.39, 0.29) is 11.2 Å². The van der Waals surface area contributed by atoms with Gasteiger partial charge in [0.05, 0.1) is 10.6 Å². The molecular weight excluding hydrogens is 326 g/mol. The summed E-state index contributed by atoms with van der Waals surface area (Å²) < 4.78 is 0. The molecule has 3 aromatic rings. The van der Waals surface area contributed by atoms with Crippen molar-refractivity contribution in [2.24, 2.45) is 5.73 Å². The molecule has 2 N–H and O–H groups in total. The lowest BCUT2D eigenvalue weighted by Crippen LogP contribution is -2.22. The van der Waals surface area contributed by atoms with Crippen molar-refractivity contribution in [2.45, 2.75) is 31.0 Å². The maximum Gasteiger partial charge on any atom is 0.230 e. The van der Waals surface area contributed by atoms with Crippen molar-refractivity contribution in [1.82, 2.24) is 9.97 Å². The second kappa shape index (κ2) is 6.29. The van der Waals surface area contributed by atoms with Crippen LogP contribution in [0, 0.1) is 13.8 Å². The number of rotatable bonds is 4. The molecule has 0 fully saturated rings. The Morgan fingerprint density at radius 2 is 1.91 bits per heavy atom. The van der Waals surface area contributed by atoms with E-state index in [1.165, 1.54) is 16.6 Å². The summed E-state index contributed by atoms with van der Waals surface area (Å²) in [5, 5.41) is 1.50. The highest BCUT2D eigenvalue weighted by atomic mass is 32.2. The number of amides is 1. The lowest BCUT2D eigenvalue weighted by molar-refractivity contribution is -0.117. The molecule has 2 aromatic heterocycles. The Labute approximate surface area is 143 Å². The zero-order valence-electron chi connectivity index (χ0n) is 13.2. The van der Waals surface area contributed by atoms with Crippen LogP contribution < -0.4 is 5.73 Å². The molecule has 1 amide bonds. The SMILES string of the molecule is Cc1nc(SC(C)C(N)=O)c2c(-c3ccccc3)c(C)sc2n1. The Bertz CT molecular complexity index is 874. The normalized spacial score (nSPS) is 12.5. The zero-order valence-corrected chi connectivity index (χ0v) is 14.8. The van der Waals surface area contributed by atoms with Gasteiger partial charge in [0.2, 0.25) is 5.91 Å². The molecule has 0 saturated carbocycles. The van der Waals surface area contributed by atoms with Crippen molar-refractivity contribution in [3.63, 3.8) is 0 Å². The first-order valence-electron chi connectivity index (χ1n) is 7.26. The summed E-state index contributed by atoms with van der Waals surface area (Å²) in [5.74, 6) is 0.366. The summed E-state index contributed by atoms with van der Waals surface area (Å²) in [6.45, 7) is 5.77. The summed E-state index contributed by atoms with van der Waals surface area (Å²) in [6, 6.07) is 10.2. The van der Waals surface area contributed by atoms with Crippen LogP contribution in [-0.2, 0) is 4.79 Å². The highest BCUT2D eigenvalue weighted by Crippen LogP contribution is 2.42. The minimum Gasteiger partial charge on any atom is -0.369 e. The number of hydrogen-bond acceptors (Lipinski definition) is 5. The van der Waals surface area contributed by atoms with E-state index in [0.717, 1.165) is 26.4 Å². The molecule has 6 heteroatoms. The third-order valence-electron chi connectivity index (χ3n) is 3.56. The van der Waals surface area contributed by atoms with Gasteiger partial charge in [-0.1, -0.05) is 42.1 Å². The Hall–Kier alpha value is -1.92. The van der Waals surface area contributed by atoms with Gasteiger partial charge in [-0.2, -0.15) is 0 Å². The topological polar surface area (TPSA) is 68.9 Å². The first-order valence-corrected chi connectivity index (χ1v) is 8.96. The number of fused-ring (bicyclic) bond motifs is 1. The third-order valence-corrected chi connectivity index (χ3v) is 5.66. The second-order valence-corrected chi connectivity index (χ2v) is 7.85. The number of benzene rings is 1. The van der Waals surface area contributed by atoms with Crippen LogP contribution in [0.2, 0.25) is 0 Å². The molecule has 1 aromatic carbocycles. The van der Waals surface area contributed by atoms with Gasteiger partial charge < -0.3 is 5.73 Å². The van der Waals surface area contributed by atoms with Crippen molar-refractivity contribution < 1.29 is 4.79 Å². The summed E-state index contributed by atoms with van der Waals surface area (Å²) >= 11 is 3.06. The fraction of sp³-hybridized carbons (Fsp3) is 0.235. The number of thiophene rings is 1. The molecule has 118 valence electrons. The Morgan fingerprint density at radius 1 is 1.22 bits per heavy atom. The Kier molecular flexibility index (Phi) is 4.37. The molecule has 0 aliphatic heterocycles. The van der Waals surface area contributed by atoms with Crippen LogP contribution in [0.1, 0.15) is 17.6 Å². The molecular formula is C17H17N3OS2. The van der Waals surface area contributed by atoms with Crippen LogP contribution >= 0.6 is 23.1 Å². The number of carbonyl (C=O) groups is 1. The largest absolute Gasteiger partial charge is 0.369 e. The van der Waals surface area contributed by atoms with Crippen LogP contribution in [0.5, 0.6) is 0 Å². The maximum absolute atomic E-state index is 11.4. The fourth-order valence-electron chi connectivity index (χ4n) is 2.45. The maximum atomic E-state index is 11.4. The lowest BCUT2D eigenvalue weighted by Gasteiger charge is -2.10. The second-order valence-electron chi connectivity index (χ2n) is 5.32. The molecule has 23 heavy (non-hydrogen) atoms. The van der Waals surface area contributed by atoms with E-state index in [9.17, 15) is 4.79 Å². The van der Waals surface area contributed by atoms with Crippen molar-refractivity contribution in [2.75, 3.05) is 0 Å². The molecule has 4 nitrogen and oxygen atoms in total. The average molecular weight is 343 g/mol. The molecule has 1 atom stereocenters. The minimum atomic E-state index is -0.340. The summed E-state index contributed by atoms with van der Waals surface area (Å²) in [7, 11) is 0. The molecule has 3 rings (SSSR count). The number of nitrogens with zero attached hydrogens (tertiary/aromatic N) is 2. The Balaban J connectivity index is 2.25. The van der Waals surface area contributed by atoms with Gasteiger partial charge in [-0.3, -0.25) is 4.79 Å². The number of primary amides is 1. The van der Waals surface area contributed by atoms with Crippen LogP contribution in [-0.4, -0.2) is 21.1 Å². The average Bonchev–Trinajstić information content (AvgIpc) is 2.83. The molecule has 0 bridgehead atoms. The third kappa shape index (κ3) is 3.09. The number of nitrogens with two attached hydrogens (primary N) is 1. The number of thioether (sulfide) groups is 1. The smallest absolute Gasteiger partial charge is 0.230 e. The molecule has 0 aliphatic carbocycles. The van der Waals surface area contributed by atoms with Crippen LogP contribution in [0.25, 0.3) is 21.3 Å². The number of aryl methyl sites for hydroxylation is 2. The van der Waals surface area contributed by atoms with Crippen molar-refractivity contribution in [1.29, 1.82) is 0 Å². The monoisotopic (exact) mass is 343 g/mol. The van der Waals surface area contributed by atoms with E-state index in [1.54, 1.807) is 18.3 Å². The van der Waals surface area contributed by atoms with Crippen molar-refractivity contribution in [3.05, 3.63) is 41.0 Å². The van der Waals surface area contributed by atoms with Crippen molar-refractivity contribution >= 4 is 39.2 Å². The lowest BCUT2D eigenvalue weighted by atomic mass is 10.0. The van der Waals surface area contributed by atoms with Gasteiger partial charge in [-0.15, -0.1) is 11.3 Å². The van der Waals surface area contributed by atoms with Gasteiger partial charge in [-0.05, 0) is 26.3 Å².